The predicted octanol–water partition coefficient (Wildman–Crippen LogP) is 3.69. The summed E-state index contributed by atoms with van der Waals surface area (Å²) in [6, 6.07) is 5.90. The van der Waals surface area contributed by atoms with Crippen LogP contribution < -0.4 is 0 Å². The number of hydrogen-bond donors (Lipinski definition) is 2. The van der Waals surface area contributed by atoms with E-state index in [1.807, 2.05) is 45.2 Å². The van der Waals surface area contributed by atoms with Gasteiger partial charge in [0.25, 0.3) is 0 Å². The molecule has 2 rings (SSSR count). The highest BCUT2D eigenvalue weighted by atomic mass is 16.4. The second-order valence-corrected chi connectivity index (χ2v) is 5.30. The van der Waals surface area contributed by atoms with Gasteiger partial charge in [-0.15, -0.1) is 0 Å². The summed E-state index contributed by atoms with van der Waals surface area (Å²) in [4.78, 5) is 14.5. The van der Waals surface area contributed by atoms with E-state index < -0.39 is 11.9 Å². The molecule has 1 aromatic heterocycles. The number of carbonyl (C=O) groups is 1. The molecule has 2 N–H and O–H groups in total. The molecule has 0 spiro atoms. The van der Waals surface area contributed by atoms with E-state index in [9.17, 15) is 9.90 Å². The van der Waals surface area contributed by atoms with Gasteiger partial charge < -0.3 is 10.1 Å². The Bertz CT molecular complexity index is 569. The van der Waals surface area contributed by atoms with Gasteiger partial charge in [-0.1, -0.05) is 26.0 Å². The van der Waals surface area contributed by atoms with Crippen molar-refractivity contribution in [3.8, 4) is 0 Å². The molecule has 0 saturated carbocycles. The number of carboxylic acids is 1. The lowest BCUT2D eigenvalue weighted by Gasteiger charge is -2.15. The highest BCUT2D eigenvalue weighted by molar-refractivity contribution is 5.85. The molecule has 18 heavy (non-hydrogen) atoms. The van der Waals surface area contributed by atoms with E-state index in [0.29, 0.717) is 12.3 Å². The van der Waals surface area contributed by atoms with E-state index in [2.05, 4.69) is 4.98 Å². The molecular formula is C15H19NO2. The van der Waals surface area contributed by atoms with Crippen LogP contribution in [0, 0.1) is 12.8 Å². The molecule has 0 saturated heterocycles. The van der Waals surface area contributed by atoms with Gasteiger partial charge in [0.15, 0.2) is 0 Å². The summed E-state index contributed by atoms with van der Waals surface area (Å²) in [7, 11) is 0. The van der Waals surface area contributed by atoms with Gasteiger partial charge >= 0.3 is 5.97 Å². The SMILES string of the molecule is Cc1c[nH]c2cc(C(CC(C)C)C(=O)O)ccc12. The smallest absolute Gasteiger partial charge is 0.310 e. The van der Waals surface area contributed by atoms with Crippen molar-refractivity contribution in [1.82, 2.24) is 4.98 Å². The summed E-state index contributed by atoms with van der Waals surface area (Å²) in [5.41, 5.74) is 3.08. The maximum Gasteiger partial charge on any atom is 0.310 e. The third-order valence-corrected chi connectivity index (χ3v) is 3.32. The third kappa shape index (κ3) is 2.40. The largest absolute Gasteiger partial charge is 0.481 e. The van der Waals surface area contributed by atoms with Crippen LogP contribution in [-0.4, -0.2) is 16.1 Å². The highest BCUT2D eigenvalue weighted by Crippen LogP contribution is 2.27. The Morgan fingerprint density at radius 3 is 2.72 bits per heavy atom. The molecule has 0 aliphatic carbocycles. The van der Waals surface area contributed by atoms with Crippen molar-refractivity contribution in [2.24, 2.45) is 5.92 Å². The van der Waals surface area contributed by atoms with Crippen LogP contribution in [0.25, 0.3) is 10.9 Å². The van der Waals surface area contributed by atoms with Crippen molar-refractivity contribution in [3.63, 3.8) is 0 Å². The molecule has 3 nitrogen and oxygen atoms in total. The second kappa shape index (κ2) is 4.84. The summed E-state index contributed by atoms with van der Waals surface area (Å²) >= 11 is 0. The summed E-state index contributed by atoms with van der Waals surface area (Å²) in [5, 5.41) is 10.5. The summed E-state index contributed by atoms with van der Waals surface area (Å²) in [5.74, 6) is -0.795. The Kier molecular flexibility index (Phi) is 3.41. The van der Waals surface area contributed by atoms with Crippen molar-refractivity contribution in [3.05, 3.63) is 35.5 Å². The molecule has 0 aliphatic rings. The average Bonchev–Trinajstić information content (AvgIpc) is 2.67. The topological polar surface area (TPSA) is 53.1 Å². The Hall–Kier alpha value is -1.77. The minimum absolute atomic E-state index is 0.368. The number of rotatable bonds is 4. The predicted molar refractivity (Wildman–Crippen MR) is 72.9 cm³/mol. The van der Waals surface area contributed by atoms with Crippen LogP contribution in [0.4, 0.5) is 0 Å². The fourth-order valence-corrected chi connectivity index (χ4v) is 2.36. The number of aryl methyl sites for hydroxylation is 1. The summed E-state index contributed by atoms with van der Waals surface area (Å²) < 4.78 is 0. The van der Waals surface area contributed by atoms with Crippen LogP contribution in [0.1, 0.15) is 37.3 Å². The van der Waals surface area contributed by atoms with Crippen molar-refractivity contribution >= 4 is 16.9 Å². The van der Waals surface area contributed by atoms with Gasteiger partial charge in [-0.3, -0.25) is 4.79 Å². The molecule has 2 aromatic rings. The number of carboxylic acid groups (broad SMARTS) is 1. The van der Waals surface area contributed by atoms with Crippen LogP contribution in [0.5, 0.6) is 0 Å². The number of aliphatic carboxylic acids is 1. The van der Waals surface area contributed by atoms with Gasteiger partial charge in [0, 0.05) is 17.1 Å². The van der Waals surface area contributed by atoms with E-state index in [4.69, 9.17) is 0 Å². The van der Waals surface area contributed by atoms with Crippen molar-refractivity contribution in [1.29, 1.82) is 0 Å². The minimum Gasteiger partial charge on any atom is -0.481 e. The van der Waals surface area contributed by atoms with Crippen molar-refractivity contribution < 1.29 is 9.90 Å². The number of hydrogen-bond acceptors (Lipinski definition) is 1. The average molecular weight is 245 g/mol. The van der Waals surface area contributed by atoms with Gasteiger partial charge in [-0.2, -0.15) is 0 Å². The molecule has 0 aliphatic heterocycles. The quantitative estimate of drug-likeness (QED) is 0.863. The molecular weight excluding hydrogens is 226 g/mol. The molecule has 96 valence electrons. The van der Waals surface area contributed by atoms with Crippen LogP contribution in [0.2, 0.25) is 0 Å². The lowest BCUT2D eigenvalue weighted by Crippen LogP contribution is -2.14. The maximum atomic E-state index is 11.4. The Labute approximate surface area is 107 Å². The van der Waals surface area contributed by atoms with E-state index in [-0.39, 0.29) is 0 Å². The highest BCUT2D eigenvalue weighted by Gasteiger charge is 2.21. The fraction of sp³-hybridized carbons (Fsp3) is 0.400. The standard InChI is InChI=1S/C15H19NO2/c1-9(2)6-13(15(17)18)11-4-5-12-10(3)8-16-14(12)7-11/h4-5,7-9,13,16H,6H2,1-3H3,(H,17,18). The van der Waals surface area contributed by atoms with Crippen LogP contribution in [0.15, 0.2) is 24.4 Å². The van der Waals surface area contributed by atoms with Crippen LogP contribution in [-0.2, 0) is 4.79 Å². The first-order valence-electron chi connectivity index (χ1n) is 6.29. The Balaban J connectivity index is 2.41. The molecule has 3 heteroatoms. The molecule has 1 heterocycles. The van der Waals surface area contributed by atoms with E-state index in [0.717, 1.165) is 16.5 Å². The van der Waals surface area contributed by atoms with E-state index in [1.54, 1.807) is 0 Å². The Morgan fingerprint density at radius 1 is 1.39 bits per heavy atom. The molecule has 1 aromatic carbocycles. The summed E-state index contributed by atoms with van der Waals surface area (Å²) in [6.45, 7) is 6.14. The minimum atomic E-state index is -0.744. The number of fused-ring (bicyclic) bond motifs is 1. The number of aromatic amines is 1. The second-order valence-electron chi connectivity index (χ2n) is 5.30. The monoisotopic (exact) mass is 245 g/mol. The molecule has 0 amide bonds. The zero-order valence-electron chi connectivity index (χ0n) is 11.0. The number of benzene rings is 1. The molecule has 1 unspecified atom stereocenters. The number of nitrogens with one attached hydrogen (secondary N) is 1. The first-order valence-corrected chi connectivity index (χ1v) is 6.29. The van der Waals surface area contributed by atoms with E-state index in [1.165, 1.54) is 5.56 Å². The first kappa shape index (κ1) is 12.7. The van der Waals surface area contributed by atoms with Gasteiger partial charge in [-0.25, -0.2) is 0 Å². The molecule has 0 radical (unpaired) electrons. The molecule has 0 fully saturated rings. The van der Waals surface area contributed by atoms with Gasteiger partial charge in [0.05, 0.1) is 5.92 Å². The van der Waals surface area contributed by atoms with Crippen LogP contribution >= 0.6 is 0 Å². The lowest BCUT2D eigenvalue weighted by molar-refractivity contribution is -0.139. The normalized spacial score (nSPS) is 13.1. The van der Waals surface area contributed by atoms with Gasteiger partial charge in [0.2, 0.25) is 0 Å². The number of aromatic nitrogens is 1. The van der Waals surface area contributed by atoms with Crippen LogP contribution in [0.3, 0.4) is 0 Å². The van der Waals surface area contributed by atoms with E-state index >= 15 is 0 Å². The maximum absolute atomic E-state index is 11.4. The summed E-state index contributed by atoms with van der Waals surface area (Å²) in [6.07, 6.45) is 2.62. The zero-order valence-corrected chi connectivity index (χ0v) is 11.0. The lowest BCUT2D eigenvalue weighted by atomic mass is 9.90. The molecule has 1 atom stereocenters. The first-order chi connectivity index (χ1) is 8.49. The van der Waals surface area contributed by atoms with Crippen molar-refractivity contribution in [2.45, 2.75) is 33.1 Å². The van der Waals surface area contributed by atoms with Gasteiger partial charge in [-0.05, 0) is 36.5 Å². The van der Waals surface area contributed by atoms with Crippen molar-refractivity contribution in [2.75, 3.05) is 0 Å². The third-order valence-electron chi connectivity index (χ3n) is 3.32. The Morgan fingerprint density at radius 2 is 2.11 bits per heavy atom. The molecule has 0 bridgehead atoms. The zero-order chi connectivity index (χ0) is 13.3. The van der Waals surface area contributed by atoms with Gasteiger partial charge in [0.1, 0.15) is 0 Å². The number of H-pyrrole nitrogens is 1. The fourth-order valence-electron chi connectivity index (χ4n) is 2.36.